The van der Waals surface area contributed by atoms with Gasteiger partial charge in [-0.15, -0.1) is 0 Å². The molecule has 0 aliphatic heterocycles. The van der Waals surface area contributed by atoms with Gasteiger partial charge in [0.2, 0.25) is 5.91 Å². The number of benzene rings is 1. The highest BCUT2D eigenvalue weighted by Crippen LogP contribution is 2.10. The summed E-state index contributed by atoms with van der Waals surface area (Å²) in [6.45, 7) is 6.56. The highest BCUT2D eigenvalue weighted by Gasteiger charge is 1.96. The maximum atomic E-state index is 10.7. The molecular weight excluding hydrogens is 210 g/mol. The second-order valence-corrected chi connectivity index (χ2v) is 4.68. The van der Waals surface area contributed by atoms with E-state index in [4.69, 9.17) is 0 Å². The Hall–Kier alpha value is -1.57. The SMILES string of the molecule is CC(=O)NCC=Cc1ccc(CC(C)C)cc1. The molecule has 0 fully saturated rings. The fourth-order valence-corrected chi connectivity index (χ4v) is 1.63. The average molecular weight is 231 g/mol. The molecule has 17 heavy (non-hydrogen) atoms. The molecule has 1 amide bonds. The summed E-state index contributed by atoms with van der Waals surface area (Å²) in [5.74, 6) is 0.693. The van der Waals surface area contributed by atoms with Crippen molar-refractivity contribution in [3.63, 3.8) is 0 Å². The molecule has 0 aliphatic rings. The van der Waals surface area contributed by atoms with Gasteiger partial charge in [-0.05, 0) is 23.5 Å². The zero-order chi connectivity index (χ0) is 12.7. The summed E-state index contributed by atoms with van der Waals surface area (Å²) in [6.07, 6.45) is 5.10. The summed E-state index contributed by atoms with van der Waals surface area (Å²) >= 11 is 0. The average Bonchev–Trinajstić information content (AvgIpc) is 2.25. The van der Waals surface area contributed by atoms with E-state index in [2.05, 4.69) is 43.4 Å². The highest BCUT2D eigenvalue weighted by atomic mass is 16.1. The van der Waals surface area contributed by atoms with Gasteiger partial charge in [-0.1, -0.05) is 50.3 Å². The second kappa shape index (κ2) is 6.89. The van der Waals surface area contributed by atoms with Crippen LogP contribution in [0.3, 0.4) is 0 Å². The summed E-state index contributed by atoms with van der Waals surface area (Å²) in [7, 11) is 0. The standard InChI is InChI=1S/C15H21NO/c1-12(2)11-15-8-6-14(7-9-15)5-4-10-16-13(3)17/h4-9,12H,10-11H2,1-3H3,(H,16,17). The van der Waals surface area contributed by atoms with Crippen LogP contribution in [0.1, 0.15) is 31.9 Å². The molecular formula is C15H21NO. The van der Waals surface area contributed by atoms with Crippen LogP contribution in [-0.2, 0) is 11.2 Å². The fourth-order valence-electron chi connectivity index (χ4n) is 1.63. The maximum absolute atomic E-state index is 10.7. The number of amides is 1. The van der Waals surface area contributed by atoms with Crippen molar-refractivity contribution in [3.05, 3.63) is 41.5 Å². The van der Waals surface area contributed by atoms with Crippen LogP contribution in [0, 0.1) is 5.92 Å². The van der Waals surface area contributed by atoms with Gasteiger partial charge in [0.15, 0.2) is 0 Å². The third-order valence-corrected chi connectivity index (χ3v) is 2.40. The van der Waals surface area contributed by atoms with Gasteiger partial charge in [-0.25, -0.2) is 0 Å². The fraction of sp³-hybridized carbons (Fsp3) is 0.400. The molecule has 2 heteroatoms. The van der Waals surface area contributed by atoms with Gasteiger partial charge in [-0.2, -0.15) is 0 Å². The Balaban J connectivity index is 2.47. The molecule has 0 atom stereocenters. The molecule has 92 valence electrons. The largest absolute Gasteiger partial charge is 0.353 e. The number of hydrogen-bond acceptors (Lipinski definition) is 1. The normalized spacial score (nSPS) is 11.1. The lowest BCUT2D eigenvalue weighted by molar-refractivity contribution is -0.118. The summed E-state index contributed by atoms with van der Waals surface area (Å²) in [5.41, 5.74) is 2.54. The molecule has 0 bridgehead atoms. The van der Waals surface area contributed by atoms with Crippen molar-refractivity contribution in [2.75, 3.05) is 6.54 Å². The predicted octanol–water partition coefficient (Wildman–Crippen LogP) is 3.03. The molecule has 1 aromatic rings. The van der Waals surface area contributed by atoms with Crippen LogP contribution < -0.4 is 5.32 Å². The van der Waals surface area contributed by atoms with Crippen LogP contribution in [0.5, 0.6) is 0 Å². The van der Waals surface area contributed by atoms with Crippen molar-refractivity contribution in [2.24, 2.45) is 5.92 Å². The van der Waals surface area contributed by atoms with Crippen LogP contribution in [-0.4, -0.2) is 12.5 Å². The number of carbonyl (C=O) groups is 1. The third kappa shape index (κ3) is 5.91. The first-order chi connectivity index (χ1) is 8.08. The molecule has 1 N–H and O–H groups in total. The quantitative estimate of drug-likeness (QED) is 0.829. The van der Waals surface area contributed by atoms with Crippen molar-refractivity contribution in [2.45, 2.75) is 27.2 Å². The minimum Gasteiger partial charge on any atom is -0.353 e. The van der Waals surface area contributed by atoms with Gasteiger partial charge >= 0.3 is 0 Å². The van der Waals surface area contributed by atoms with E-state index >= 15 is 0 Å². The molecule has 0 aliphatic carbocycles. The molecule has 0 radical (unpaired) electrons. The Kier molecular flexibility index (Phi) is 5.47. The van der Waals surface area contributed by atoms with Gasteiger partial charge in [0, 0.05) is 13.5 Å². The van der Waals surface area contributed by atoms with Crippen molar-refractivity contribution in [1.82, 2.24) is 5.32 Å². The van der Waals surface area contributed by atoms with Crippen LogP contribution in [0.2, 0.25) is 0 Å². The molecule has 0 spiro atoms. The van der Waals surface area contributed by atoms with Gasteiger partial charge in [0.1, 0.15) is 0 Å². The van der Waals surface area contributed by atoms with Gasteiger partial charge in [0.25, 0.3) is 0 Å². The number of rotatable bonds is 5. The summed E-state index contributed by atoms with van der Waals surface area (Å²) in [4.78, 5) is 10.7. The van der Waals surface area contributed by atoms with Crippen molar-refractivity contribution < 1.29 is 4.79 Å². The first-order valence-electron chi connectivity index (χ1n) is 6.08. The van der Waals surface area contributed by atoms with E-state index in [-0.39, 0.29) is 5.91 Å². The molecule has 1 rings (SSSR count). The zero-order valence-electron chi connectivity index (χ0n) is 10.9. The molecule has 0 aromatic heterocycles. The smallest absolute Gasteiger partial charge is 0.217 e. The van der Waals surface area contributed by atoms with E-state index in [1.807, 2.05) is 12.2 Å². The molecule has 2 nitrogen and oxygen atoms in total. The summed E-state index contributed by atoms with van der Waals surface area (Å²) in [6, 6.07) is 8.56. The first-order valence-corrected chi connectivity index (χ1v) is 6.08. The van der Waals surface area contributed by atoms with Gasteiger partial charge in [-0.3, -0.25) is 4.79 Å². The van der Waals surface area contributed by atoms with E-state index in [0.717, 1.165) is 6.42 Å². The topological polar surface area (TPSA) is 29.1 Å². The molecule has 1 aromatic carbocycles. The minimum absolute atomic E-state index is 0.00179. The summed E-state index contributed by atoms with van der Waals surface area (Å²) < 4.78 is 0. The number of hydrogen-bond donors (Lipinski definition) is 1. The predicted molar refractivity (Wildman–Crippen MR) is 72.7 cm³/mol. The van der Waals surface area contributed by atoms with E-state index in [1.54, 1.807) is 0 Å². The van der Waals surface area contributed by atoms with Crippen molar-refractivity contribution in [1.29, 1.82) is 0 Å². The van der Waals surface area contributed by atoms with Crippen LogP contribution in [0.25, 0.3) is 6.08 Å². The van der Waals surface area contributed by atoms with Crippen molar-refractivity contribution >= 4 is 12.0 Å². The van der Waals surface area contributed by atoms with E-state index in [0.29, 0.717) is 12.5 Å². The number of nitrogens with one attached hydrogen (secondary N) is 1. The van der Waals surface area contributed by atoms with Crippen LogP contribution in [0.4, 0.5) is 0 Å². The Bertz CT molecular complexity index is 376. The molecule has 0 saturated heterocycles. The molecule has 0 saturated carbocycles. The maximum Gasteiger partial charge on any atom is 0.217 e. The van der Waals surface area contributed by atoms with Gasteiger partial charge < -0.3 is 5.32 Å². The van der Waals surface area contributed by atoms with Crippen LogP contribution in [0.15, 0.2) is 30.3 Å². The van der Waals surface area contributed by atoms with Gasteiger partial charge in [0.05, 0.1) is 0 Å². The Morgan fingerprint density at radius 2 is 1.94 bits per heavy atom. The number of carbonyl (C=O) groups excluding carboxylic acids is 1. The monoisotopic (exact) mass is 231 g/mol. The van der Waals surface area contributed by atoms with E-state index in [1.165, 1.54) is 18.1 Å². The Labute approximate surface area is 104 Å². The zero-order valence-corrected chi connectivity index (χ0v) is 10.9. The molecule has 0 unspecified atom stereocenters. The van der Waals surface area contributed by atoms with E-state index < -0.39 is 0 Å². The lowest BCUT2D eigenvalue weighted by atomic mass is 10.0. The Morgan fingerprint density at radius 3 is 2.47 bits per heavy atom. The lowest BCUT2D eigenvalue weighted by Gasteiger charge is -2.04. The van der Waals surface area contributed by atoms with Crippen molar-refractivity contribution in [3.8, 4) is 0 Å². The third-order valence-electron chi connectivity index (χ3n) is 2.40. The van der Waals surface area contributed by atoms with Crippen LogP contribution >= 0.6 is 0 Å². The lowest BCUT2D eigenvalue weighted by Crippen LogP contribution is -2.19. The first kappa shape index (κ1) is 13.5. The molecule has 0 heterocycles. The van der Waals surface area contributed by atoms with E-state index in [9.17, 15) is 4.79 Å². The Morgan fingerprint density at radius 1 is 1.29 bits per heavy atom. The minimum atomic E-state index is 0.00179. The summed E-state index contributed by atoms with van der Waals surface area (Å²) in [5, 5.41) is 2.73. The highest BCUT2D eigenvalue weighted by molar-refractivity contribution is 5.73. The second-order valence-electron chi connectivity index (χ2n) is 4.68.